The number of anilines is 1. The van der Waals surface area contributed by atoms with Crippen molar-refractivity contribution in [3.63, 3.8) is 0 Å². The van der Waals surface area contributed by atoms with Crippen LogP contribution < -0.4 is 10.6 Å². The summed E-state index contributed by atoms with van der Waals surface area (Å²) in [4.78, 5) is 36.7. The Morgan fingerprint density at radius 3 is 2.74 bits per heavy atom. The molecule has 1 atom stereocenters. The highest BCUT2D eigenvalue weighted by atomic mass is 35.5. The molecule has 0 aromatic carbocycles. The number of nitrogens with zero attached hydrogens (tertiary/aromatic N) is 1. The van der Waals surface area contributed by atoms with E-state index in [9.17, 15) is 14.4 Å². The van der Waals surface area contributed by atoms with Crippen LogP contribution in [-0.2, 0) is 14.4 Å². The lowest BCUT2D eigenvalue weighted by atomic mass is 10.3. The molecule has 10 heteroatoms. The first-order valence-electron chi connectivity index (χ1n) is 4.89. The molecule has 7 nitrogen and oxygen atoms in total. The third kappa shape index (κ3) is 5.01. The summed E-state index contributed by atoms with van der Waals surface area (Å²) < 4.78 is 0. The highest BCUT2D eigenvalue weighted by molar-refractivity contribution is 7.14. The summed E-state index contributed by atoms with van der Waals surface area (Å²) in [5.41, 5.74) is 0.222. The van der Waals surface area contributed by atoms with Crippen molar-refractivity contribution in [2.75, 3.05) is 17.7 Å². The maximum atomic E-state index is 11.5. The van der Waals surface area contributed by atoms with Crippen LogP contribution in [0.2, 0.25) is 0 Å². The fraction of sp³-hybridized carbons (Fsp3) is 0.333. The zero-order valence-corrected chi connectivity index (χ0v) is 11.7. The highest BCUT2D eigenvalue weighted by Crippen LogP contribution is 2.25. The van der Waals surface area contributed by atoms with Gasteiger partial charge in [-0.2, -0.15) is 0 Å². The van der Waals surface area contributed by atoms with Crippen molar-refractivity contribution in [1.29, 1.82) is 0 Å². The lowest BCUT2D eigenvalue weighted by Gasteiger charge is -2.06. The van der Waals surface area contributed by atoms with Crippen LogP contribution in [0.25, 0.3) is 0 Å². The number of aliphatic carboxylic acids is 1. The number of carbonyl (C=O) groups is 3. The van der Waals surface area contributed by atoms with E-state index in [0.717, 1.165) is 11.3 Å². The summed E-state index contributed by atoms with van der Waals surface area (Å²) in [7, 11) is 0. The van der Waals surface area contributed by atoms with Gasteiger partial charge in [-0.1, -0.05) is 0 Å². The second-order valence-electron chi connectivity index (χ2n) is 3.23. The molecule has 3 N–H and O–H groups in total. The molecule has 1 aromatic rings. The van der Waals surface area contributed by atoms with Gasteiger partial charge in [-0.3, -0.25) is 14.4 Å². The summed E-state index contributed by atoms with van der Waals surface area (Å²) in [6, 6.07) is 0. The number of amides is 2. The number of hydrogen-bond donors (Lipinski definition) is 3. The Hall–Kier alpha value is -1.38. The largest absolute Gasteiger partial charge is 0.480 e. The Labute approximate surface area is 121 Å². The minimum absolute atomic E-state index is 0.210. The third-order valence-corrected chi connectivity index (χ3v) is 3.23. The second-order valence-corrected chi connectivity index (χ2v) is 4.80. The predicted octanol–water partition coefficient (Wildman–Crippen LogP) is 0.801. The molecular weight excluding hydrogens is 317 g/mol. The first-order chi connectivity index (χ1) is 8.93. The standard InChI is InChI=1S/C9H9Cl2N3O4S/c10-1-5(15)14-9-13-4(3-19-9)7(11)8(18)12-2-6(16)17/h3,7H,1-2H2,(H,12,18)(H,16,17)(H,13,14,15)/t7-/m1/s1. The number of nitrogens with one attached hydrogen (secondary N) is 2. The lowest BCUT2D eigenvalue weighted by Crippen LogP contribution is -2.31. The Balaban J connectivity index is 2.62. The molecule has 2 amide bonds. The second kappa shape index (κ2) is 7.27. The Bertz CT molecular complexity index is 494. The van der Waals surface area contributed by atoms with Gasteiger partial charge < -0.3 is 15.7 Å². The number of aromatic nitrogens is 1. The minimum Gasteiger partial charge on any atom is -0.480 e. The molecule has 0 radical (unpaired) electrons. The van der Waals surface area contributed by atoms with Crippen molar-refractivity contribution in [1.82, 2.24) is 10.3 Å². The monoisotopic (exact) mass is 325 g/mol. The summed E-state index contributed by atoms with van der Waals surface area (Å²) in [6.45, 7) is -0.526. The van der Waals surface area contributed by atoms with E-state index in [0.29, 0.717) is 0 Å². The molecule has 104 valence electrons. The van der Waals surface area contributed by atoms with Gasteiger partial charge in [0.15, 0.2) is 10.5 Å². The van der Waals surface area contributed by atoms with Crippen LogP contribution in [0, 0.1) is 0 Å². The smallest absolute Gasteiger partial charge is 0.322 e. The van der Waals surface area contributed by atoms with Crippen molar-refractivity contribution in [2.45, 2.75) is 5.38 Å². The third-order valence-electron chi connectivity index (χ3n) is 1.79. The van der Waals surface area contributed by atoms with Gasteiger partial charge in [0.2, 0.25) is 11.8 Å². The van der Waals surface area contributed by atoms with Crippen LogP contribution in [-0.4, -0.2) is 40.3 Å². The Morgan fingerprint density at radius 2 is 2.16 bits per heavy atom. The quantitative estimate of drug-likeness (QED) is 0.670. The molecule has 1 heterocycles. The SMILES string of the molecule is O=C(O)CNC(=O)[C@H](Cl)c1csc(NC(=O)CCl)n1. The van der Waals surface area contributed by atoms with E-state index in [-0.39, 0.29) is 16.7 Å². The summed E-state index contributed by atoms with van der Waals surface area (Å²) >= 11 is 12.2. The Kier molecular flexibility index (Phi) is 6.00. The molecule has 0 aliphatic heterocycles. The average molecular weight is 326 g/mol. The van der Waals surface area contributed by atoms with Crippen LogP contribution >= 0.6 is 34.5 Å². The number of hydrogen-bond acceptors (Lipinski definition) is 5. The van der Waals surface area contributed by atoms with Gasteiger partial charge in [0.25, 0.3) is 0 Å². The number of thiazole rings is 1. The molecule has 0 spiro atoms. The topological polar surface area (TPSA) is 108 Å². The molecule has 0 saturated carbocycles. The van der Waals surface area contributed by atoms with E-state index in [1.54, 1.807) is 0 Å². The van der Waals surface area contributed by atoms with Gasteiger partial charge in [0.1, 0.15) is 12.4 Å². The molecule has 19 heavy (non-hydrogen) atoms. The number of carbonyl (C=O) groups excluding carboxylic acids is 2. The summed E-state index contributed by atoms with van der Waals surface area (Å²) in [5, 5.41) is 13.6. The van der Waals surface area contributed by atoms with Crippen molar-refractivity contribution in [3.05, 3.63) is 11.1 Å². The van der Waals surface area contributed by atoms with Crippen LogP contribution in [0.5, 0.6) is 0 Å². The van der Waals surface area contributed by atoms with E-state index in [1.807, 2.05) is 0 Å². The zero-order chi connectivity index (χ0) is 14.4. The molecule has 0 bridgehead atoms. The van der Waals surface area contributed by atoms with Gasteiger partial charge in [-0.05, 0) is 0 Å². The maximum absolute atomic E-state index is 11.5. The minimum atomic E-state index is -1.18. The van der Waals surface area contributed by atoms with Crippen LogP contribution in [0.4, 0.5) is 5.13 Å². The van der Waals surface area contributed by atoms with E-state index < -0.39 is 29.7 Å². The number of carboxylic acid groups (broad SMARTS) is 1. The first kappa shape index (κ1) is 15.7. The molecule has 1 rings (SSSR count). The van der Waals surface area contributed by atoms with E-state index in [2.05, 4.69) is 15.6 Å². The van der Waals surface area contributed by atoms with Gasteiger partial charge in [-0.15, -0.1) is 34.5 Å². The van der Waals surface area contributed by atoms with Gasteiger partial charge in [-0.25, -0.2) is 4.98 Å². The molecule has 0 aliphatic carbocycles. The predicted molar refractivity (Wildman–Crippen MR) is 70.7 cm³/mol. The van der Waals surface area contributed by atoms with Crippen molar-refractivity contribution < 1.29 is 19.5 Å². The lowest BCUT2D eigenvalue weighted by molar-refractivity contribution is -0.137. The van der Waals surface area contributed by atoms with Crippen molar-refractivity contribution in [2.24, 2.45) is 0 Å². The van der Waals surface area contributed by atoms with E-state index >= 15 is 0 Å². The van der Waals surface area contributed by atoms with Crippen molar-refractivity contribution in [3.8, 4) is 0 Å². The average Bonchev–Trinajstić information content (AvgIpc) is 2.83. The molecule has 0 fully saturated rings. The number of carboxylic acids is 1. The number of alkyl halides is 2. The van der Waals surface area contributed by atoms with E-state index in [1.165, 1.54) is 5.38 Å². The number of halogens is 2. The molecule has 0 saturated heterocycles. The Morgan fingerprint density at radius 1 is 1.47 bits per heavy atom. The fourth-order valence-corrected chi connectivity index (χ4v) is 2.08. The van der Waals surface area contributed by atoms with Crippen LogP contribution in [0.1, 0.15) is 11.1 Å². The van der Waals surface area contributed by atoms with Gasteiger partial charge in [0, 0.05) is 5.38 Å². The molecule has 0 unspecified atom stereocenters. The first-order valence-corrected chi connectivity index (χ1v) is 6.74. The van der Waals surface area contributed by atoms with Crippen LogP contribution in [0.15, 0.2) is 5.38 Å². The summed E-state index contributed by atoms with van der Waals surface area (Å²) in [6.07, 6.45) is 0. The maximum Gasteiger partial charge on any atom is 0.322 e. The molecule has 0 aliphatic rings. The van der Waals surface area contributed by atoms with Gasteiger partial charge in [0.05, 0.1) is 5.69 Å². The normalized spacial score (nSPS) is 11.7. The van der Waals surface area contributed by atoms with Crippen LogP contribution in [0.3, 0.4) is 0 Å². The van der Waals surface area contributed by atoms with Gasteiger partial charge >= 0.3 is 5.97 Å². The number of rotatable bonds is 6. The van der Waals surface area contributed by atoms with Crippen molar-refractivity contribution >= 4 is 57.5 Å². The zero-order valence-electron chi connectivity index (χ0n) is 9.35. The molecule has 1 aromatic heterocycles. The fourth-order valence-electron chi connectivity index (χ4n) is 0.999. The molecular formula is C9H9Cl2N3O4S. The van der Waals surface area contributed by atoms with E-state index in [4.69, 9.17) is 28.3 Å². The summed E-state index contributed by atoms with van der Waals surface area (Å²) in [5.74, 6) is -2.49. The highest BCUT2D eigenvalue weighted by Gasteiger charge is 2.21.